The summed E-state index contributed by atoms with van der Waals surface area (Å²) in [6.07, 6.45) is -3.09. The molecule has 0 aliphatic carbocycles. The van der Waals surface area contributed by atoms with E-state index in [2.05, 4.69) is 29.9 Å². The Morgan fingerprint density at radius 2 is 2.00 bits per heavy atom. The number of nitrogens with two attached hydrogens (primary N) is 1. The van der Waals surface area contributed by atoms with Gasteiger partial charge in [-0.3, -0.25) is 20.1 Å². The van der Waals surface area contributed by atoms with E-state index in [1.807, 2.05) is 0 Å². The molecule has 0 saturated carbocycles. The lowest BCUT2D eigenvalue weighted by Gasteiger charge is -2.08. The average Bonchev–Trinajstić information content (AvgIpc) is 3.18. The SMILES string of the molecule is NC(=O)c1ncccc1COC(=O)Nc1ccc(-c2noc(C(F)(F)F)n2)nc1. The average molecular weight is 408 g/mol. The lowest BCUT2D eigenvalue weighted by Crippen LogP contribution is -2.18. The van der Waals surface area contributed by atoms with Gasteiger partial charge in [0.05, 0.1) is 11.9 Å². The highest BCUT2D eigenvalue weighted by atomic mass is 19.4. The Morgan fingerprint density at radius 3 is 2.62 bits per heavy atom. The van der Waals surface area contributed by atoms with Crippen molar-refractivity contribution in [1.82, 2.24) is 20.1 Å². The van der Waals surface area contributed by atoms with Crippen LogP contribution in [0.25, 0.3) is 11.5 Å². The van der Waals surface area contributed by atoms with Crippen LogP contribution in [0.15, 0.2) is 41.2 Å². The van der Waals surface area contributed by atoms with Gasteiger partial charge in [0, 0.05) is 11.8 Å². The van der Waals surface area contributed by atoms with E-state index in [1.54, 1.807) is 6.07 Å². The van der Waals surface area contributed by atoms with E-state index in [-0.39, 0.29) is 29.5 Å². The standard InChI is InChI=1S/C16H11F3N6O4/c17-16(18,19)14-24-13(25-29-14)10-4-3-9(6-22-10)23-15(27)28-7-8-2-1-5-21-11(8)12(20)26/h1-6H,7H2,(H2,20,26)(H,23,27). The topological polar surface area (TPSA) is 146 Å². The van der Waals surface area contributed by atoms with E-state index < -0.39 is 24.1 Å². The number of hydrogen-bond acceptors (Lipinski definition) is 8. The Labute approximate surface area is 159 Å². The zero-order chi connectivity index (χ0) is 21.0. The fraction of sp³-hybridized carbons (Fsp3) is 0.125. The summed E-state index contributed by atoms with van der Waals surface area (Å²) in [7, 11) is 0. The van der Waals surface area contributed by atoms with Gasteiger partial charge in [-0.05, 0) is 18.2 Å². The van der Waals surface area contributed by atoms with E-state index in [0.29, 0.717) is 5.56 Å². The number of amides is 2. The predicted molar refractivity (Wildman–Crippen MR) is 89.1 cm³/mol. The molecule has 2 amide bonds. The van der Waals surface area contributed by atoms with Gasteiger partial charge in [0.2, 0.25) is 5.82 Å². The lowest BCUT2D eigenvalue weighted by atomic mass is 10.2. The number of nitrogens with one attached hydrogen (secondary N) is 1. The summed E-state index contributed by atoms with van der Waals surface area (Å²) in [6.45, 7) is -0.257. The van der Waals surface area contributed by atoms with E-state index >= 15 is 0 Å². The molecule has 0 aromatic carbocycles. The molecule has 0 unspecified atom stereocenters. The van der Waals surface area contributed by atoms with Crippen molar-refractivity contribution in [2.75, 3.05) is 5.32 Å². The summed E-state index contributed by atoms with van der Waals surface area (Å²) in [5.41, 5.74) is 5.68. The molecule has 0 radical (unpaired) electrons. The van der Waals surface area contributed by atoms with Gasteiger partial charge in [-0.25, -0.2) is 4.79 Å². The number of pyridine rings is 2. The number of aromatic nitrogens is 4. The van der Waals surface area contributed by atoms with Crippen molar-refractivity contribution in [3.8, 4) is 11.5 Å². The zero-order valence-electron chi connectivity index (χ0n) is 14.3. The molecule has 3 heterocycles. The minimum atomic E-state index is -4.76. The van der Waals surface area contributed by atoms with Crippen molar-refractivity contribution >= 4 is 17.7 Å². The Bertz CT molecular complexity index is 1040. The van der Waals surface area contributed by atoms with Crippen LogP contribution in [0, 0.1) is 0 Å². The molecule has 3 N–H and O–H groups in total. The van der Waals surface area contributed by atoms with Gasteiger partial charge < -0.3 is 15.0 Å². The number of hydrogen-bond donors (Lipinski definition) is 2. The van der Waals surface area contributed by atoms with Crippen molar-refractivity contribution < 1.29 is 32.0 Å². The highest BCUT2D eigenvalue weighted by molar-refractivity contribution is 5.92. The second-order valence-corrected chi connectivity index (χ2v) is 5.43. The molecule has 0 spiro atoms. The molecule has 0 aliphatic rings. The number of primary amides is 1. The number of nitrogens with zero attached hydrogens (tertiary/aromatic N) is 4. The molecule has 0 saturated heterocycles. The van der Waals surface area contributed by atoms with Gasteiger partial charge in [0.15, 0.2) is 0 Å². The van der Waals surface area contributed by atoms with Crippen molar-refractivity contribution in [3.05, 3.63) is 53.8 Å². The second-order valence-electron chi connectivity index (χ2n) is 5.43. The molecule has 3 rings (SSSR count). The molecule has 0 aliphatic heterocycles. The van der Waals surface area contributed by atoms with E-state index in [4.69, 9.17) is 10.5 Å². The molecule has 3 aromatic heterocycles. The first-order valence-electron chi connectivity index (χ1n) is 7.79. The van der Waals surface area contributed by atoms with Crippen LogP contribution in [-0.2, 0) is 17.5 Å². The monoisotopic (exact) mass is 408 g/mol. The van der Waals surface area contributed by atoms with Gasteiger partial charge in [-0.1, -0.05) is 11.2 Å². The van der Waals surface area contributed by atoms with Crippen LogP contribution in [0.1, 0.15) is 21.9 Å². The minimum absolute atomic E-state index is 0.00428. The summed E-state index contributed by atoms with van der Waals surface area (Å²) in [4.78, 5) is 34.0. The highest BCUT2D eigenvalue weighted by Crippen LogP contribution is 2.29. The lowest BCUT2D eigenvalue weighted by molar-refractivity contribution is -0.159. The van der Waals surface area contributed by atoms with Crippen LogP contribution in [0.4, 0.5) is 23.7 Å². The summed E-state index contributed by atoms with van der Waals surface area (Å²) in [6, 6.07) is 5.71. The maximum absolute atomic E-state index is 12.5. The predicted octanol–water partition coefficient (Wildman–Crippen LogP) is 2.39. The second kappa shape index (κ2) is 7.92. The summed E-state index contributed by atoms with van der Waals surface area (Å²) in [5.74, 6) is -2.62. The third kappa shape index (κ3) is 4.82. The number of rotatable bonds is 5. The van der Waals surface area contributed by atoms with Gasteiger partial charge in [-0.2, -0.15) is 18.2 Å². The molecule has 10 nitrogen and oxygen atoms in total. The molecule has 3 aromatic rings. The third-order valence-corrected chi connectivity index (χ3v) is 3.39. The number of alkyl halides is 3. The Kier molecular flexibility index (Phi) is 5.38. The summed E-state index contributed by atoms with van der Waals surface area (Å²) in [5, 5.41) is 5.57. The summed E-state index contributed by atoms with van der Waals surface area (Å²) < 4.78 is 46.6. The van der Waals surface area contributed by atoms with Crippen LogP contribution in [0.2, 0.25) is 0 Å². The van der Waals surface area contributed by atoms with E-state index in [9.17, 15) is 22.8 Å². The zero-order valence-corrected chi connectivity index (χ0v) is 14.3. The minimum Gasteiger partial charge on any atom is -0.444 e. The molecular formula is C16H11F3N6O4. The molecule has 150 valence electrons. The third-order valence-electron chi connectivity index (χ3n) is 3.39. The fourth-order valence-corrected chi connectivity index (χ4v) is 2.12. The molecule has 0 atom stereocenters. The maximum Gasteiger partial charge on any atom is 0.471 e. The van der Waals surface area contributed by atoms with E-state index in [1.165, 1.54) is 30.6 Å². The van der Waals surface area contributed by atoms with Crippen molar-refractivity contribution in [2.45, 2.75) is 12.8 Å². The van der Waals surface area contributed by atoms with Gasteiger partial charge in [-0.15, -0.1) is 0 Å². The highest BCUT2D eigenvalue weighted by Gasteiger charge is 2.38. The van der Waals surface area contributed by atoms with Gasteiger partial charge in [0.25, 0.3) is 5.91 Å². The smallest absolute Gasteiger partial charge is 0.444 e. The fourth-order valence-electron chi connectivity index (χ4n) is 2.12. The molecule has 0 bridgehead atoms. The number of anilines is 1. The molecular weight excluding hydrogens is 397 g/mol. The Morgan fingerprint density at radius 1 is 1.21 bits per heavy atom. The first-order chi connectivity index (χ1) is 13.7. The van der Waals surface area contributed by atoms with Crippen LogP contribution < -0.4 is 11.1 Å². The Hall–Kier alpha value is -4.03. The normalized spacial score (nSPS) is 11.1. The van der Waals surface area contributed by atoms with Crippen LogP contribution >= 0.6 is 0 Å². The van der Waals surface area contributed by atoms with Crippen LogP contribution in [0.5, 0.6) is 0 Å². The van der Waals surface area contributed by atoms with Crippen molar-refractivity contribution in [2.24, 2.45) is 5.73 Å². The maximum atomic E-state index is 12.5. The quantitative estimate of drug-likeness (QED) is 0.654. The number of carbonyl (C=O) groups is 2. The van der Waals surface area contributed by atoms with Crippen molar-refractivity contribution in [1.29, 1.82) is 0 Å². The number of carbonyl (C=O) groups excluding carboxylic acids is 2. The van der Waals surface area contributed by atoms with E-state index in [0.717, 1.165) is 0 Å². The Balaban J connectivity index is 1.61. The van der Waals surface area contributed by atoms with Crippen molar-refractivity contribution in [3.63, 3.8) is 0 Å². The molecule has 29 heavy (non-hydrogen) atoms. The van der Waals surface area contributed by atoms with Gasteiger partial charge >= 0.3 is 18.2 Å². The summed E-state index contributed by atoms with van der Waals surface area (Å²) >= 11 is 0. The first-order valence-corrected chi connectivity index (χ1v) is 7.79. The first kappa shape index (κ1) is 19.7. The number of ether oxygens (including phenoxy) is 1. The van der Waals surface area contributed by atoms with Crippen LogP contribution in [-0.4, -0.2) is 32.1 Å². The largest absolute Gasteiger partial charge is 0.471 e. The molecule has 0 fully saturated rings. The molecule has 13 heteroatoms. The van der Waals surface area contributed by atoms with Crippen LogP contribution in [0.3, 0.4) is 0 Å². The number of halogens is 3. The van der Waals surface area contributed by atoms with Gasteiger partial charge in [0.1, 0.15) is 18.0 Å².